The second-order valence-corrected chi connectivity index (χ2v) is 7.38. The summed E-state index contributed by atoms with van der Waals surface area (Å²) in [4.78, 5) is 3.95. The summed E-state index contributed by atoms with van der Waals surface area (Å²) < 4.78 is 25.1. The Morgan fingerprint density at radius 2 is 2.11 bits per heavy atom. The van der Waals surface area contributed by atoms with E-state index in [1.165, 1.54) is 4.68 Å². The summed E-state index contributed by atoms with van der Waals surface area (Å²) >= 11 is 9.31. The number of hydrogen-bond donors (Lipinski definition) is 0. The predicted molar refractivity (Wildman–Crippen MR) is 76.5 cm³/mol. The van der Waals surface area contributed by atoms with Crippen LogP contribution in [0.2, 0.25) is 5.15 Å². The average molecular weight is 385 g/mol. The molecular formula is C10H8BrCl2N3O2S. The Hall–Kier alpha value is -0.630. The highest BCUT2D eigenvalue weighted by Gasteiger charge is 2.26. The molecule has 0 fully saturated rings. The first-order valence-electron chi connectivity index (χ1n) is 5.18. The molecule has 0 radical (unpaired) electrons. The van der Waals surface area contributed by atoms with Crippen molar-refractivity contribution in [1.29, 1.82) is 0 Å². The largest absolute Gasteiger partial charge is 0.266 e. The van der Waals surface area contributed by atoms with Gasteiger partial charge in [0.1, 0.15) is 4.90 Å². The molecule has 0 saturated heterocycles. The van der Waals surface area contributed by atoms with Crippen molar-refractivity contribution < 1.29 is 8.42 Å². The molecule has 0 amide bonds. The van der Waals surface area contributed by atoms with E-state index in [0.29, 0.717) is 17.9 Å². The van der Waals surface area contributed by atoms with Crippen molar-refractivity contribution in [3.8, 4) is 5.82 Å². The minimum atomic E-state index is -3.95. The highest BCUT2D eigenvalue weighted by molar-refractivity contribution is 9.10. The van der Waals surface area contributed by atoms with Gasteiger partial charge in [-0.25, -0.2) is 18.1 Å². The Morgan fingerprint density at radius 1 is 1.42 bits per heavy atom. The third-order valence-corrected chi connectivity index (χ3v) is 4.67. The van der Waals surface area contributed by atoms with Crippen LogP contribution in [0.3, 0.4) is 0 Å². The zero-order valence-electron chi connectivity index (χ0n) is 9.64. The van der Waals surface area contributed by atoms with Crippen LogP contribution >= 0.6 is 38.2 Å². The van der Waals surface area contributed by atoms with Gasteiger partial charge in [0.15, 0.2) is 11.0 Å². The molecule has 0 unspecified atom stereocenters. The molecule has 0 bridgehead atoms. The van der Waals surface area contributed by atoms with Gasteiger partial charge in [-0.3, -0.25) is 0 Å². The molecule has 0 spiro atoms. The smallest absolute Gasteiger partial charge is 0.236 e. The van der Waals surface area contributed by atoms with E-state index in [2.05, 4.69) is 26.0 Å². The highest BCUT2D eigenvalue weighted by Crippen LogP contribution is 2.30. The van der Waals surface area contributed by atoms with Crippen LogP contribution < -0.4 is 0 Å². The molecule has 2 heterocycles. The SMILES string of the molecule is CCc1nn(-c2ccc(Br)cn2)c(Cl)c1S(=O)(=O)Cl. The molecule has 0 saturated carbocycles. The van der Waals surface area contributed by atoms with Gasteiger partial charge in [-0.05, 0) is 34.5 Å². The van der Waals surface area contributed by atoms with Crippen molar-refractivity contribution >= 4 is 47.3 Å². The third-order valence-electron chi connectivity index (χ3n) is 2.36. The first-order chi connectivity index (χ1) is 8.84. The quantitative estimate of drug-likeness (QED) is 0.762. The van der Waals surface area contributed by atoms with E-state index in [0.717, 1.165) is 4.47 Å². The molecule has 2 aromatic heterocycles. The average Bonchev–Trinajstić information content (AvgIpc) is 2.67. The number of rotatable bonds is 3. The second-order valence-electron chi connectivity index (χ2n) is 3.60. The minimum absolute atomic E-state index is 0.0679. The lowest BCUT2D eigenvalue weighted by Crippen LogP contribution is -2.00. The number of aromatic nitrogens is 3. The third kappa shape index (κ3) is 2.94. The molecule has 0 aliphatic rings. The first kappa shape index (κ1) is 14.8. The zero-order valence-corrected chi connectivity index (χ0v) is 13.6. The maximum atomic E-state index is 11.5. The van der Waals surface area contributed by atoms with E-state index in [9.17, 15) is 8.42 Å². The van der Waals surface area contributed by atoms with Crippen LogP contribution in [0.5, 0.6) is 0 Å². The van der Waals surface area contributed by atoms with Crippen molar-refractivity contribution in [2.24, 2.45) is 0 Å². The van der Waals surface area contributed by atoms with Gasteiger partial charge < -0.3 is 0 Å². The van der Waals surface area contributed by atoms with Crippen LogP contribution in [-0.4, -0.2) is 23.2 Å². The van der Waals surface area contributed by atoms with Gasteiger partial charge in [-0.15, -0.1) is 0 Å². The van der Waals surface area contributed by atoms with Crippen molar-refractivity contribution in [1.82, 2.24) is 14.8 Å². The Balaban J connectivity index is 2.67. The molecule has 2 rings (SSSR count). The normalized spacial score (nSPS) is 11.8. The lowest BCUT2D eigenvalue weighted by Gasteiger charge is -2.01. The number of halogens is 3. The minimum Gasteiger partial charge on any atom is -0.236 e. The van der Waals surface area contributed by atoms with Gasteiger partial charge in [-0.1, -0.05) is 18.5 Å². The molecule has 0 atom stereocenters. The first-order valence-corrected chi connectivity index (χ1v) is 8.66. The molecule has 0 aliphatic heterocycles. The lowest BCUT2D eigenvalue weighted by atomic mass is 10.3. The lowest BCUT2D eigenvalue weighted by molar-refractivity contribution is 0.608. The fourth-order valence-corrected chi connectivity index (χ4v) is 3.67. The highest BCUT2D eigenvalue weighted by atomic mass is 79.9. The summed E-state index contributed by atoms with van der Waals surface area (Å²) in [6, 6.07) is 3.41. The molecule has 0 aliphatic carbocycles. The van der Waals surface area contributed by atoms with E-state index in [-0.39, 0.29) is 10.0 Å². The van der Waals surface area contributed by atoms with E-state index in [1.54, 1.807) is 25.3 Å². The van der Waals surface area contributed by atoms with E-state index in [4.69, 9.17) is 22.3 Å². The Bertz CT molecular complexity index is 713. The van der Waals surface area contributed by atoms with E-state index >= 15 is 0 Å². The summed E-state index contributed by atoms with van der Waals surface area (Å²) in [6.07, 6.45) is 1.96. The van der Waals surface area contributed by atoms with Crippen LogP contribution in [0, 0.1) is 0 Å². The summed E-state index contributed by atoms with van der Waals surface area (Å²) in [5.74, 6) is 0.412. The van der Waals surface area contributed by atoms with Crippen LogP contribution in [0.25, 0.3) is 5.82 Å². The number of pyridine rings is 1. The fourth-order valence-electron chi connectivity index (χ4n) is 1.54. The molecular weight excluding hydrogens is 377 g/mol. The number of aryl methyl sites for hydroxylation is 1. The summed E-state index contributed by atoms with van der Waals surface area (Å²) in [5.41, 5.74) is 0.310. The molecule has 9 heteroatoms. The van der Waals surface area contributed by atoms with Crippen molar-refractivity contribution in [2.75, 3.05) is 0 Å². The molecule has 2 aromatic rings. The number of nitrogens with zero attached hydrogens (tertiary/aromatic N) is 3. The molecule has 5 nitrogen and oxygen atoms in total. The number of hydrogen-bond acceptors (Lipinski definition) is 4. The standard InChI is InChI=1S/C10H8BrCl2N3O2S/c1-2-7-9(19(13,17)18)10(12)16(15-7)8-4-3-6(11)5-14-8/h3-5H,2H2,1H3. The Kier molecular flexibility index (Phi) is 4.20. The molecule has 102 valence electrons. The van der Waals surface area contributed by atoms with Crippen molar-refractivity contribution in [3.63, 3.8) is 0 Å². The van der Waals surface area contributed by atoms with Crippen LogP contribution in [-0.2, 0) is 15.5 Å². The molecule has 19 heavy (non-hydrogen) atoms. The van der Waals surface area contributed by atoms with Crippen LogP contribution in [0.15, 0.2) is 27.7 Å². The maximum Gasteiger partial charge on any atom is 0.266 e. The summed E-state index contributed by atoms with van der Waals surface area (Å²) in [5, 5.41) is 4.07. The maximum absolute atomic E-state index is 11.5. The monoisotopic (exact) mass is 383 g/mol. The van der Waals surface area contributed by atoms with Crippen LogP contribution in [0.1, 0.15) is 12.6 Å². The predicted octanol–water partition coefficient (Wildman–Crippen LogP) is 3.17. The van der Waals surface area contributed by atoms with E-state index in [1.807, 2.05) is 0 Å². The van der Waals surface area contributed by atoms with Crippen molar-refractivity contribution in [2.45, 2.75) is 18.2 Å². The van der Waals surface area contributed by atoms with E-state index < -0.39 is 9.05 Å². The topological polar surface area (TPSA) is 64.8 Å². The van der Waals surface area contributed by atoms with Gasteiger partial charge in [0.2, 0.25) is 0 Å². The Labute approximate surface area is 128 Å². The zero-order chi connectivity index (χ0) is 14.2. The molecule has 0 N–H and O–H groups in total. The Morgan fingerprint density at radius 3 is 2.53 bits per heavy atom. The van der Waals surface area contributed by atoms with Gasteiger partial charge in [-0.2, -0.15) is 5.10 Å². The fraction of sp³-hybridized carbons (Fsp3) is 0.200. The summed E-state index contributed by atoms with van der Waals surface area (Å²) in [6.45, 7) is 1.77. The van der Waals surface area contributed by atoms with Gasteiger partial charge in [0, 0.05) is 21.4 Å². The van der Waals surface area contributed by atoms with Gasteiger partial charge in [0.25, 0.3) is 9.05 Å². The van der Waals surface area contributed by atoms with Gasteiger partial charge >= 0.3 is 0 Å². The summed E-state index contributed by atoms with van der Waals surface area (Å²) in [7, 11) is 1.43. The second kappa shape index (κ2) is 5.40. The van der Waals surface area contributed by atoms with Crippen LogP contribution in [0.4, 0.5) is 0 Å². The van der Waals surface area contributed by atoms with Gasteiger partial charge in [0.05, 0.1) is 5.69 Å². The molecule has 0 aromatic carbocycles. The van der Waals surface area contributed by atoms with Crippen molar-refractivity contribution in [3.05, 3.63) is 33.6 Å².